The first-order chi connectivity index (χ1) is 10.3. The molecule has 1 aliphatic carbocycles. The lowest BCUT2D eigenvalue weighted by atomic mass is 10.1. The molecule has 2 amide bonds. The van der Waals surface area contributed by atoms with Gasteiger partial charge in [0.2, 0.25) is 5.91 Å². The van der Waals surface area contributed by atoms with E-state index in [-0.39, 0.29) is 23.9 Å². The molecule has 120 valence electrons. The molecular weight excluding hydrogens is 278 g/mol. The first kappa shape index (κ1) is 16.5. The molecule has 0 atom stereocenters. The standard InChI is InChI=1S/C17H25N3O2/c1-17(2,3)20-16(22)13-6-4-5-7-14(13)19-15(21)11-18-10-12-8-9-12/h4-7,12,18H,8-11H2,1-3H3,(H,19,21)(H,20,22). The minimum absolute atomic E-state index is 0.128. The van der Waals surface area contributed by atoms with Crippen LogP contribution in [-0.2, 0) is 4.79 Å². The van der Waals surface area contributed by atoms with Gasteiger partial charge in [-0.2, -0.15) is 0 Å². The molecule has 1 aromatic carbocycles. The van der Waals surface area contributed by atoms with Gasteiger partial charge in [-0.15, -0.1) is 0 Å². The van der Waals surface area contributed by atoms with Crippen molar-refractivity contribution in [3.63, 3.8) is 0 Å². The molecule has 3 N–H and O–H groups in total. The van der Waals surface area contributed by atoms with Crippen LogP contribution in [0.3, 0.4) is 0 Å². The molecule has 1 fully saturated rings. The minimum atomic E-state index is -0.319. The second kappa shape index (κ2) is 6.92. The number of rotatable bonds is 6. The molecule has 1 aliphatic rings. The molecule has 5 heteroatoms. The highest BCUT2D eigenvalue weighted by Crippen LogP contribution is 2.27. The summed E-state index contributed by atoms with van der Waals surface area (Å²) in [6.45, 7) is 6.93. The summed E-state index contributed by atoms with van der Waals surface area (Å²) in [6, 6.07) is 7.06. The third-order valence-electron chi connectivity index (χ3n) is 3.35. The Labute approximate surface area is 131 Å². The van der Waals surface area contributed by atoms with E-state index in [4.69, 9.17) is 0 Å². The molecule has 0 aliphatic heterocycles. The topological polar surface area (TPSA) is 70.2 Å². The molecule has 1 aromatic rings. The number of hydrogen-bond acceptors (Lipinski definition) is 3. The zero-order chi connectivity index (χ0) is 16.2. The SMILES string of the molecule is CC(C)(C)NC(=O)c1ccccc1NC(=O)CNCC1CC1. The van der Waals surface area contributed by atoms with Gasteiger partial charge in [0, 0.05) is 5.54 Å². The predicted octanol–water partition coefficient (Wildman–Crippen LogP) is 2.15. The average Bonchev–Trinajstić information content (AvgIpc) is 3.21. The second-order valence-corrected chi connectivity index (χ2v) is 6.87. The van der Waals surface area contributed by atoms with E-state index in [2.05, 4.69) is 16.0 Å². The van der Waals surface area contributed by atoms with Gasteiger partial charge in [-0.3, -0.25) is 9.59 Å². The number of carbonyl (C=O) groups is 2. The molecule has 2 rings (SSSR count). The molecule has 0 unspecified atom stereocenters. The van der Waals surface area contributed by atoms with Crippen LogP contribution in [-0.4, -0.2) is 30.4 Å². The summed E-state index contributed by atoms with van der Waals surface area (Å²) in [5, 5.41) is 8.86. The normalized spacial score (nSPS) is 14.5. The summed E-state index contributed by atoms with van der Waals surface area (Å²) in [7, 11) is 0. The van der Waals surface area contributed by atoms with Gasteiger partial charge in [-0.1, -0.05) is 12.1 Å². The lowest BCUT2D eigenvalue weighted by molar-refractivity contribution is -0.115. The number of hydrogen-bond donors (Lipinski definition) is 3. The van der Waals surface area contributed by atoms with Crippen LogP contribution in [0.2, 0.25) is 0 Å². The number of carbonyl (C=O) groups excluding carboxylic acids is 2. The molecular formula is C17H25N3O2. The number of anilines is 1. The second-order valence-electron chi connectivity index (χ2n) is 6.87. The summed E-state index contributed by atoms with van der Waals surface area (Å²) < 4.78 is 0. The fraction of sp³-hybridized carbons (Fsp3) is 0.529. The summed E-state index contributed by atoms with van der Waals surface area (Å²) in [5.41, 5.74) is 0.704. The summed E-state index contributed by atoms with van der Waals surface area (Å²) >= 11 is 0. The fourth-order valence-corrected chi connectivity index (χ4v) is 2.10. The van der Waals surface area contributed by atoms with E-state index in [0.29, 0.717) is 11.3 Å². The van der Waals surface area contributed by atoms with Crippen molar-refractivity contribution in [2.24, 2.45) is 5.92 Å². The van der Waals surface area contributed by atoms with Crippen molar-refractivity contribution in [2.75, 3.05) is 18.4 Å². The Morgan fingerprint density at radius 2 is 1.86 bits per heavy atom. The van der Waals surface area contributed by atoms with Gasteiger partial charge in [0.15, 0.2) is 0 Å². The van der Waals surface area contributed by atoms with Gasteiger partial charge < -0.3 is 16.0 Å². The van der Waals surface area contributed by atoms with Crippen LogP contribution in [0.5, 0.6) is 0 Å². The Hall–Kier alpha value is -1.88. The monoisotopic (exact) mass is 303 g/mol. The van der Waals surface area contributed by atoms with Crippen molar-refractivity contribution < 1.29 is 9.59 Å². The van der Waals surface area contributed by atoms with Crippen LogP contribution >= 0.6 is 0 Å². The molecule has 0 saturated heterocycles. The van der Waals surface area contributed by atoms with Crippen LogP contribution in [0, 0.1) is 5.92 Å². The highest BCUT2D eigenvalue weighted by atomic mass is 16.2. The lowest BCUT2D eigenvalue weighted by Gasteiger charge is -2.21. The number of benzene rings is 1. The average molecular weight is 303 g/mol. The van der Waals surface area contributed by atoms with E-state index in [1.165, 1.54) is 12.8 Å². The maximum absolute atomic E-state index is 12.3. The Morgan fingerprint density at radius 1 is 1.18 bits per heavy atom. The van der Waals surface area contributed by atoms with Crippen LogP contribution in [0.4, 0.5) is 5.69 Å². The molecule has 5 nitrogen and oxygen atoms in total. The summed E-state index contributed by atoms with van der Waals surface area (Å²) in [5.74, 6) is 0.420. The first-order valence-corrected chi connectivity index (χ1v) is 7.77. The highest BCUT2D eigenvalue weighted by Gasteiger charge is 2.21. The molecule has 0 heterocycles. The van der Waals surface area contributed by atoms with Crippen LogP contribution in [0.25, 0.3) is 0 Å². The lowest BCUT2D eigenvalue weighted by Crippen LogP contribution is -2.41. The molecule has 22 heavy (non-hydrogen) atoms. The Morgan fingerprint density at radius 3 is 2.50 bits per heavy atom. The minimum Gasteiger partial charge on any atom is -0.347 e. The van der Waals surface area contributed by atoms with Crippen molar-refractivity contribution in [2.45, 2.75) is 39.2 Å². The molecule has 0 radical (unpaired) electrons. The molecule has 0 bridgehead atoms. The Kier molecular flexibility index (Phi) is 5.19. The Bertz CT molecular complexity index is 545. The van der Waals surface area contributed by atoms with Crippen LogP contribution < -0.4 is 16.0 Å². The largest absolute Gasteiger partial charge is 0.347 e. The van der Waals surface area contributed by atoms with Gasteiger partial charge in [0.1, 0.15) is 0 Å². The third kappa shape index (κ3) is 5.48. The van der Waals surface area contributed by atoms with Gasteiger partial charge in [-0.25, -0.2) is 0 Å². The highest BCUT2D eigenvalue weighted by molar-refractivity contribution is 6.04. The summed E-state index contributed by atoms with van der Waals surface area (Å²) in [4.78, 5) is 24.3. The fourth-order valence-electron chi connectivity index (χ4n) is 2.10. The van der Waals surface area contributed by atoms with Crippen molar-refractivity contribution in [1.29, 1.82) is 0 Å². The zero-order valence-electron chi connectivity index (χ0n) is 13.5. The van der Waals surface area contributed by atoms with E-state index >= 15 is 0 Å². The zero-order valence-corrected chi connectivity index (χ0v) is 13.5. The van der Waals surface area contributed by atoms with Gasteiger partial charge >= 0.3 is 0 Å². The van der Waals surface area contributed by atoms with Gasteiger partial charge in [0.05, 0.1) is 17.8 Å². The maximum Gasteiger partial charge on any atom is 0.253 e. The van der Waals surface area contributed by atoms with Crippen molar-refractivity contribution in [3.05, 3.63) is 29.8 Å². The van der Waals surface area contributed by atoms with Crippen LogP contribution in [0.15, 0.2) is 24.3 Å². The number of nitrogens with one attached hydrogen (secondary N) is 3. The smallest absolute Gasteiger partial charge is 0.253 e. The molecule has 1 saturated carbocycles. The maximum atomic E-state index is 12.3. The van der Waals surface area contributed by atoms with E-state index in [0.717, 1.165) is 12.5 Å². The van der Waals surface area contributed by atoms with Crippen molar-refractivity contribution in [3.8, 4) is 0 Å². The molecule has 0 aromatic heterocycles. The Balaban J connectivity index is 1.94. The van der Waals surface area contributed by atoms with Crippen LogP contribution in [0.1, 0.15) is 44.0 Å². The number of para-hydroxylation sites is 1. The molecule has 0 spiro atoms. The van der Waals surface area contributed by atoms with E-state index in [9.17, 15) is 9.59 Å². The van der Waals surface area contributed by atoms with E-state index < -0.39 is 0 Å². The number of amides is 2. The quantitative estimate of drug-likeness (QED) is 0.754. The first-order valence-electron chi connectivity index (χ1n) is 7.77. The summed E-state index contributed by atoms with van der Waals surface area (Å²) in [6.07, 6.45) is 2.51. The van der Waals surface area contributed by atoms with E-state index in [1.54, 1.807) is 24.3 Å². The van der Waals surface area contributed by atoms with Gasteiger partial charge in [-0.05, 0) is 58.2 Å². The van der Waals surface area contributed by atoms with Gasteiger partial charge in [0.25, 0.3) is 5.91 Å². The third-order valence-corrected chi connectivity index (χ3v) is 3.35. The van der Waals surface area contributed by atoms with Crippen molar-refractivity contribution >= 4 is 17.5 Å². The predicted molar refractivity (Wildman–Crippen MR) is 87.9 cm³/mol. The van der Waals surface area contributed by atoms with Crippen molar-refractivity contribution in [1.82, 2.24) is 10.6 Å². The van der Waals surface area contributed by atoms with E-state index in [1.807, 2.05) is 20.8 Å².